The number of anilines is 1. The maximum absolute atomic E-state index is 12.5. The van der Waals surface area contributed by atoms with Crippen LogP contribution in [-0.2, 0) is 6.54 Å². The van der Waals surface area contributed by atoms with E-state index >= 15 is 0 Å². The second kappa shape index (κ2) is 10.3. The maximum Gasteiger partial charge on any atom is 0.255 e. The molecule has 0 saturated carbocycles. The van der Waals surface area contributed by atoms with Crippen LogP contribution in [0.1, 0.15) is 46.7 Å². The lowest BCUT2D eigenvalue weighted by Crippen LogP contribution is -2.22. The lowest BCUT2D eigenvalue weighted by Gasteiger charge is -2.10. The molecule has 0 saturated heterocycles. The molecule has 0 spiro atoms. The number of amides is 2. The Kier molecular flexibility index (Phi) is 7.27. The van der Waals surface area contributed by atoms with E-state index in [9.17, 15) is 9.59 Å². The smallest absolute Gasteiger partial charge is 0.255 e. The van der Waals surface area contributed by atoms with Gasteiger partial charge < -0.3 is 19.8 Å². The van der Waals surface area contributed by atoms with Gasteiger partial charge in [-0.1, -0.05) is 19.9 Å². The van der Waals surface area contributed by atoms with Crippen LogP contribution in [0.2, 0.25) is 0 Å². The first kappa shape index (κ1) is 21.2. The molecular weight excluding hydrogens is 380 g/mol. The van der Waals surface area contributed by atoms with Gasteiger partial charge in [0.2, 0.25) is 0 Å². The van der Waals surface area contributed by atoms with Gasteiger partial charge in [0.1, 0.15) is 11.5 Å². The van der Waals surface area contributed by atoms with Crippen LogP contribution in [-0.4, -0.2) is 18.4 Å². The second-order valence-electron chi connectivity index (χ2n) is 7.35. The molecular formula is C24H26N2O4. The summed E-state index contributed by atoms with van der Waals surface area (Å²) in [4.78, 5) is 24.8. The number of carbonyl (C=O) groups is 2. The molecule has 2 amide bonds. The van der Waals surface area contributed by atoms with E-state index in [2.05, 4.69) is 24.5 Å². The summed E-state index contributed by atoms with van der Waals surface area (Å²) < 4.78 is 10.9. The zero-order valence-corrected chi connectivity index (χ0v) is 17.2. The molecule has 30 heavy (non-hydrogen) atoms. The Hall–Kier alpha value is -3.54. The van der Waals surface area contributed by atoms with E-state index in [4.69, 9.17) is 9.15 Å². The summed E-state index contributed by atoms with van der Waals surface area (Å²) >= 11 is 0. The molecule has 6 heteroatoms. The van der Waals surface area contributed by atoms with Crippen molar-refractivity contribution in [1.82, 2.24) is 5.32 Å². The molecule has 0 aliphatic heterocycles. The third-order valence-corrected chi connectivity index (χ3v) is 4.47. The first-order chi connectivity index (χ1) is 14.5. The summed E-state index contributed by atoms with van der Waals surface area (Å²) in [5, 5.41) is 5.62. The average molecular weight is 406 g/mol. The zero-order valence-electron chi connectivity index (χ0n) is 17.2. The van der Waals surface area contributed by atoms with Crippen molar-refractivity contribution in [3.63, 3.8) is 0 Å². The van der Waals surface area contributed by atoms with Crippen LogP contribution in [0.15, 0.2) is 71.3 Å². The van der Waals surface area contributed by atoms with Crippen molar-refractivity contribution in [1.29, 1.82) is 0 Å². The second-order valence-corrected chi connectivity index (χ2v) is 7.35. The number of carbonyl (C=O) groups excluding carboxylic acids is 2. The van der Waals surface area contributed by atoms with Gasteiger partial charge in [-0.2, -0.15) is 0 Å². The highest BCUT2D eigenvalue weighted by Gasteiger charge is 2.10. The minimum absolute atomic E-state index is 0.212. The molecule has 0 aliphatic rings. The number of ether oxygens (including phenoxy) is 1. The highest BCUT2D eigenvalue weighted by atomic mass is 16.5. The lowest BCUT2D eigenvalue weighted by molar-refractivity contribution is 0.0947. The summed E-state index contributed by atoms with van der Waals surface area (Å²) in [6.45, 7) is 5.22. The van der Waals surface area contributed by atoms with Crippen LogP contribution in [0.4, 0.5) is 5.69 Å². The largest absolute Gasteiger partial charge is 0.494 e. The van der Waals surface area contributed by atoms with Gasteiger partial charge in [-0.3, -0.25) is 9.59 Å². The van der Waals surface area contributed by atoms with E-state index in [1.165, 1.54) is 0 Å². The van der Waals surface area contributed by atoms with Crippen LogP contribution >= 0.6 is 0 Å². The zero-order chi connectivity index (χ0) is 21.3. The van der Waals surface area contributed by atoms with Gasteiger partial charge in [0.05, 0.1) is 19.4 Å². The van der Waals surface area contributed by atoms with Crippen LogP contribution in [0.3, 0.4) is 0 Å². The van der Waals surface area contributed by atoms with Crippen LogP contribution < -0.4 is 15.4 Å². The minimum atomic E-state index is -0.237. The minimum Gasteiger partial charge on any atom is -0.494 e. The maximum atomic E-state index is 12.5. The molecule has 156 valence electrons. The molecule has 1 aromatic heterocycles. The molecule has 0 aliphatic carbocycles. The van der Waals surface area contributed by atoms with E-state index in [0.29, 0.717) is 47.4 Å². The monoisotopic (exact) mass is 406 g/mol. The number of rotatable bonds is 9. The van der Waals surface area contributed by atoms with Crippen LogP contribution in [0.5, 0.6) is 5.75 Å². The van der Waals surface area contributed by atoms with E-state index in [-0.39, 0.29) is 11.8 Å². The summed E-state index contributed by atoms with van der Waals surface area (Å²) in [5.41, 5.74) is 1.62. The third-order valence-electron chi connectivity index (χ3n) is 4.47. The topological polar surface area (TPSA) is 80.6 Å². The number of furan rings is 1. The van der Waals surface area contributed by atoms with Crippen LogP contribution in [0, 0.1) is 5.92 Å². The first-order valence-electron chi connectivity index (χ1n) is 9.96. The Bertz CT molecular complexity index is 963. The molecule has 0 radical (unpaired) electrons. The standard InChI is InChI=1S/C24H26N2O4/c1-17(2)12-14-30-21-6-3-5-19(15-21)24(28)26-20-10-8-18(9-11-20)23(27)25-16-22-7-4-13-29-22/h3-11,13,15,17H,12,14,16H2,1-2H3,(H,25,27)(H,26,28). The van der Waals surface area contributed by atoms with E-state index in [1.54, 1.807) is 60.9 Å². The van der Waals surface area contributed by atoms with Gasteiger partial charge in [0.15, 0.2) is 0 Å². The molecule has 2 aromatic carbocycles. The average Bonchev–Trinajstić information content (AvgIpc) is 3.26. The molecule has 1 heterocycles. The Morgan fingerprint density at radius 1 is 0.967 bits per heavy atom. The highest BCUT2D eigenvalue weighted by Crippen LogP contribution is 2.17. The molecule has 3 aromatic rings. The molecule has 0 unspecified atom stereocenters. The fourth-order valence-corrected chi connectivity index (χ4v) is 2.73. The van der Waals surface area contributed by atoms with Crippen molar-refractivity contribution >= 4 is 17.5 Å². The van der Waals surface area contributed by atoms with Crippen molar-refractivity contribution in [2.45, 2.75) is 26.8 Å². The van der Waals surface area contributed by atoms with Crippen molar-refractivity contribution in [2.24, 2.45) is 5.92 Å². The van der Waals surface area contributed by atoms with Crippen molar-refractivity contribution < 1.29 is 18.7 Å². The molecule has 0 fully saturated rings. The fourth-order valence-electron chi connectivity index (χ4n) is 2.73. The van der Waals surface area contributed by atoms with Gasteiger partial charge >= 0.3 is 0 Å². The van der Waals surface area contributed by atoms with Crippen molar-refractivity contribution in [3.8, 4) is 5.75 Å². The molecule has 3 rings (SSSR count). The number of hydrogen-bond acceptors (Lipinski definition) is 4. The Morgan fingerprint density at radius 2 is 1.77 bits per heavy atom. The van der Waals surface area contributed by atoms with Gasteiger partial charge in [-0.15, -0.1) is 0 Å². The van der Waals surface area contributed by atoms with Gasteiger partial charge in [0.25, 0.3) is 11.8 Å². The first-order valence-corrected chi connectivity index (χ1v) is 9.96. The molecule has 6 nitrogen and oxygen atoms in total. The molecule has 0 atom stereocenters. The Balaban J connectivity index is 1.54. The summed E-state index contributed by atoms with van der Waals surface area (Å²) in [6, 6.07) is 17.4. The van der Waals surface area contributed by atoms with E-state index in [1.807, 2.05) is 6.07 Å². The van der Waals surface area contributed by atoms with Gasteiger partial charge in [-0.25, -0.2) is 0 Å². The number of nitrogens with one attached hydrogen (secondary N) is 2. The quantitative estimate of drug-likeness (QED) is 0.530. The third kappa shape index (κ3) is 6.24. The predicted molar refractivity (Wildman–Crippen MR) is 116 cm³/mol. The highest BCUT2D eigenvalue weighted by molar-refractivity contribution is 6.04. The SMILES string of the molecule is CC(C)CCOc1cccc(C(=O)Nc2ccc(C(=O)NCc3ccco3)cc2)c1. The molecule has 2 N–H and O–H groups in total. The summed E-state index contributed by atoms with van der Waals surface area (Å²) in [5.74, 6) is 1.47. The summed E-state index contributed by atoms with van der Waals surface area (Å²) in [7, 11) is 0. The fraction of sp³-hybridized carbons (Fsp3) is 0.250. The van der Waals surface area contributed by atoms with Gasteiger partial charge in [-0.05, 0) is 66.9 Å². The van der Waals surface area contributed by atoms with Crippen LogP contribution in [0.25, 0.3) is 0 Å². The van der Waals surface area contributed by atoms with Crippen molar-refractivity contribution in [2.75, 3.05) is 11.9 Å². The Morgan fingerprint density at radius 3 is 2.47 bits per heavy atom. The summed E-state index contributed by atoms with van der Waals surface area (Å²) in [6.07, 6.45) is 2.52. The Labute approximate surface area is 176 Å². The van der Waals surface area contributed by atoms with Gasteiger partial charge in [0, 0.05) is 16.8 Å². The van der Waals surface area contributed by atoms with E-state index < -0.39 is 0 Å². The lowest BCUT2D eigenvalue weighted by atomic mass is 10.1. The normalized spacial score (nSPS) is 10.6. The predicted octanol–water partition coefficient (Wildman–Crippen LogP) is 4.89. The van der Waals surface area contributed by atoms with Crippen molar-refractivity contribution in [3.05, 3.63) is 83.8 Å². The molecule has 0 bridgehead atoms. The number of hydrogen-bond donors (Lipinski definition) is 2. The number of benzene rings is 2. The van der Waals surface area contributed by atoms with E-state index in [0.717, 1.165) is 6.42 Å².